The highest BCUT2D eigenvalue weighted by atomic mass is 19.1. The summed E-state index contributed by atoms with van der Waals surface area (Å²) in [5.41, 5.74) is 0.373. The second-order valence-corrected chi connectivity index (χ2v) is 5.38. The summed E-state index contributed by atoms with van der Waals surface area (Å²) in [6.07, 6.45) is 1.01. The number of carbonyl (C=O) groups excluding carboxylic acids is 1. The molecule has 0 unspecified atom stereocenters. The number of carboxylic acids is 1. The van der Waals surface area contributed by atoms with Gasteiger partial charge < -0.3 is 10.4 Å². The predicted octanol–water partition coefficient (Wildman–Crippen LogP) is 1.36. The highest BCUT2D eigenvalue weighted by molar-refractivity contribution is 5.96. The topological polar surface area (TPSA) is 114 Å². The van der Waals surface area contributed by atoms with Crippen LogP contribution >= 0.6 is 0 Å². The van der Waals surface area contributed by atoms with Crippen LogP contribution in [0.15, 0.2) is 39.6 Å². The van der Waals surface area contributed by atoms with Crippen LogP contribution in [0.3, 0.4) is 0 Å². The molecule has 0 aliphatic heterocycles. The summed E-state index contributed by atoms with van der Waals surface area (Å²) in [7, 11) is 0. The van der Waals surface area contributed by atoms with Crippen molar-refractivity contribution < 1.29 is 23.6 Å². The van der Waals surface area contributed by atoms with Gasteiger partial charge in [-0.3, -0.25) is 13.9 Å². The van der Waals surface area contributed by atoms with Crippen molar-refractivity contribution in [2.24, 2.45) is 0 Å². The minimum absolute atomic E-state index is 0.0998. The van der Waals surface area contributed by atoms with Crippen LogP contribution in [0.25, 0.3) is 0 Å². The van der Waals surface area contributed by atoms with Gasteiger partial charge in [0.25, 0.3) is 5.91 Å². The molecule has 2 N–H and O–H groups in total. The Balaban J connectivity index is 1.86. The molecule has 0 fully saturated rings. The molecule has 0 bridgehead atoms. The van der Waals surface area contributed by atoms with Crippen molar-refractivity contribution in [1.29, 1.82) is 0 Å². The average molecular weight is 351 g/mol. The number of hydrogen-bond donors (Lipinski definition) is 2. The Hall–Kier alpha value is -2.97. The maximum absolute atomic E-state index is 12.6. The largest absolute Gasteiger partial charge is 0.480 e. The summed E-state index contributed by atoms with van der Waals surface area (Å²) >= 11 is 0. The monoisotopic (exact) mass is 351 g/mol. The molecule has 2 aromatic rings. The summed E-state index contributed by atoms with van der Waals surface area (Å²) in [5, 5.41) is 15.0. The molecule has 0 aliphatic carbocycles. The van der Waals surface area contributed by atoms with Crippen LogP contribution in [0.4, 0.5) is 4.39 Å². The summed E-state index contributed by atoms with van der Waals surface area (Å²) < 4.78 is 18.1. The molecule has 0 saturated carbocycles. The molecule has 1 heterocycles. The maximum Gasteiger partial charge on any atom is 0.441 e. The molecule has 8 nitrogen and oxygen atoms in total. The van der Waals surface area contributed by atoms with E-state index in [0.717, 1.165) is 4.57 Å². The van der Waals surface area contributed by atoms with E-state index in [9.17, 15) is 23.9 Å². The molecule has 2 rings (SSSR count). The number of carbonyl (C=O) groups is 2. The van der Waals surface area contributed by atoms with Crippen molar-refractivity contribution in [3.05, 3.63) is 52.3 Å². The number of aromatic nitrogens is 2. The molecule has 1 aromatic heterocycles. The van der Waals surface area contributed by atoms with Crippen molar-refractivity contribution in [2.75, 3.05) is 0 Å². The van der Waals surface area contributed by atoms with Crippen LogP contribution in [0, 0.1) is 0 Å². The van der Waals surface area contributed by atoms with Gasteiger partial charge in [-0.15, -0.1) is 0 Å². The van der Waals surface area contributed by atoms with Crippen LogP contribution in [0.5, 0.6) is 0 Å². The second kappa shape index (κ2) is 8.76. The van der Waals surface area contributed by atoms with Gasteiger partial charge in [-0.25, -0.2) is 14.0 Å². The first-order valence-corrected chi connectivity index (χ1v) is 7.73. The van der Waals surface area contributed by atoms with Crippen LogP contribution in [-0.2, 0) is 18.0 Å². The van der Waals surface area contributed by atoms with E-state index in [1.807, 2.05) is 0 Å². The molecule has 9 heteroatoms. The third kappa shape index (κ3) is 5.00. The van der Waals surface area contributed by atoms with E-state index < -0.39 is 30.3 Å². The number of nitrogens with zero attached hydrogens (tertiary/aromatic N) is 2. The lowest BCUT2D eigenvalue weighted by Gasteiger charge is -2.14. The highest BCUT2D eigenvalue weighted by Crippen LogP contribution is 2.07. The molecule has 1 aromatic carbocycles. The first kappa shape index (κ1) is 18.4. The molecule has 0 aliphatic rings. The Labute approximate surface area is 142 Å². The standard InChI is InChI=1S/C16H18FN3O5/c17-10-13-19-25-16(24)20(13)9-5-4-8-12(15(22)23)18-14(21)11-6-2-1-3-7-11/h1-3,6-7,12H,4-5,8-10H2,(H,18,21)(H,22,23)/t12-/m0/s1. The third-order valence-corrected chi connectivity index (χ3v) is 3.64. The van der Waals surface area contributed by atoms with E-state index >= 15 is 0 Å². The number of hydrogen-bond acceptors (Lipinski definition) is 5. The van der Waals surface area contributed by atoms with E-state index in [-0.39, 0.29) is 18.8 Å². The van der Waals surface area contributed by atoms with Gasteiger partial charge in [-0.1, -0.05) is 23.4 Å². The van der Waals surface area contributed by atoms with Crippen LogP contribution in [-0.4, -0.2) is 32.7 Å². The van der Waals surface area contributed by atoms with E-state index in [1.165, 1.54) is 0 Å². The minimum Gasteiger partial charge on any atom is -0.480 e. The lowest BCUT2D eigenvalue weighted by molar-refractivity contribution is -0.139. The van der Waals surface area contributed by atoms with Gasteiger partial charge in [-0.2, -0.15) is 0 Å². The van der Waals surface area contributed by atoms with Crippen LogP contribution < -0.4 is 11.1 Å². The van der Waals surface area contributed by atoms with Crippen LogP contribution in [0.1, 0.15) is 35.4 Å². The van der Waals surface area contributed by atoms with E-state index in [1.54, 1.807) is 30.3 Å². The Bertz CT molecular complexity index is 772. The Morgan fingerprint density at radius 2 is 2.00 bits per heavy atom. The molecule has 0 radical (unpaired) electrons. The average Bonchev–Trinajstić information content (AvgIpc) is 2.97. The normalized spacial score (nSPS) is 11.9. The van der Waals surface area contributed by atoms with Gasteiger partial charge in [-0.05, 0) is 31.4 Å². The fraction of sp³-hybridized carbons (Fsp3) is 0.375. The number of carboxylic acid groups (broad SMARTS) is 1. The Morgan fingerprint density at radius 3 is 2.64 bits per heavy atom. The highest BCUT2D eigenvalue weighted by Gasteiger charge is 2.20. The SMILES string of the molecule is O=C(N[C@@H](CCCCn1c(CF)noc1=O)C(=O)O)c1ccccc1. The first-order valence-electron chi connectivity index (χ1n) is 7.73. The zero-order valence-corrected chi connectivity index (χ0v) is 13.4. The second-order valence-electron chi connectivity index (χ2n) is 5.38. The number of halogens is 1. The zero-order valence-electron chi connectivity index (χ0n) is 13.4. The van der Waals surface area contributed by atoms with E-state index in [0.29, 0.717) is 18.4 Å². The zero-order chi connectivity index (χ0) is 18.2. The van der Waals surface area contributed by atoms with Gasteiger partial charge in [0.2, 0.25) is 0 Å². The lowest BCUT2D eigenvalue weighted by Crippen LogP contribution is -2.40. The number of alkyl halides is 1. The van der Waals surface area contributed by atoms with Crippen molar-refractivity contribution in [3.8, 4) is 0 Å². The summed E-state index contributed by atoms with van der Waals surface area (Å²) in [6, 6.07) is 7.25. The summed E-state index contributed by atoms with van der Waals surface area (Å²) in [5.74, 6) is -2.46. The first-order chi connectivity index (χ1) is 12.0. The van der Waals surface area contributed by atoms with Crippen molar-refractivity contribution in [1.82, 2.24) is 15.0 Å². The molecule has 134 valence electrons. The fourth-order valence-electron chi connectivity index (χ4n) is 2.32. The van der Waals surface area contributed by atoms with Crippen LogP contribution in [0.2, 0.25) is 0 Å². The summed E-state index contributed by atoms with van der Waals surface area (Å²) in [4.78, 5) is 34.7. The quantitative estimate of drug-likeness (QED) is 0.659. The smallest absolute Gasteiger partial charge is 0.441 e. The Kier molecular flexibility index (Phi) is 6.44. The van der Waals surface area contributed by atoms with Crippen molar-refractivity contribution in [3.63, 3.8) is 0 Å². The van der Waals surface area contributed by atoms with Gasteiger partial charge in [0.15, 0.2) is 12.5 Å². The van der Waals surface area contributed by atoms with E-state index in [4.69, 9.17) is 0 Å². The van der Waals surface area contributed by atoms with Gasteiger partial charge in [0.1, 0.15) is 6.04 Å². The number of unbranched alkanes of at least 4 members (excludes halogenated alkanes) is 1. The number of amides is 1. The number of aliphatic carboxylic acids is 1. The van der Waals surface area contributed by atoms with Crippen molar-refractivity contribution >= 4 is 11.9 Å². The van der Waals surface area contributed by atoms with E-state index in [2.05, 4.69) is 15.0 Å². The molecule has 1 atom stereocenters. The molecular formula is C16H18FN3O5. The Morgan fingerprint density at radius 1 is 1.28 bits per heavy atom. The molecule has 0 saturated heterocycles. The van der Waals surface area contributed by atoms with Gasteiger partial charge in [0, 0.05) is 12.1 Å². The third-order valence-electron chi connectivity index (χ3n) is 3.64. The van der Waals surface area contributed by atoms with Crippen molar-refractivity contribution in [2.45, 2.75) is 38.5 Å². The fourth-order valence-corrected chi connectivity index (χ4v) is 2.32. The summed E-state index contributed by atoms with van der Waals surface area (Å²) in [6.45, 7) is -0.753. The lowest BCUT2D eigenvalue weighted by atomic mass is 10.1. The number of nitrogens with one attached hydrogen (secondary N) is 1. The van der Waals surface area contributed by atoms with Gasteiger partial charge >= 0.3 is 11.7 Å². The number of rotatable bonds is 9. The maximum atomic E-state index is 12.6. The van der Waals surface area contributed by atoms with Gasteiger partial charge in [0.05, 0.1) is 0 Å². The number of benzene rings is 1. The molecule has 0 spiro atoms. The molecule has 25 heavy (non-hydrogen) atoms. The predicted molar refractivity (Wildman–Crippen MR) is 84.8 cm³/mol. The molecule has 1 amide bonds. The minimum atomic E-state index is -1.14. The molecular weight excluding hydrogens is 333 g/mol.